The Hall–Kier alpha value is -0.950. The molecule has 0 aliphatic rings. The molecule has 4 nitrogen and oxygen atoms in total. The van der Waals surface area contributed by atoms with Crippen molar-refractivity contribution in [1.29, 1.82) is 0 Å². The van der Waals surface area contributed by atoms with Crippen LogP contribution in [0, 0.1) is 3.57 Å². The molecule has 1 N–H and O–H groups in total. The van der Waals surface area contributed by atoms with Gasteiger partial charge in [0, 0.05) is 18.9 Å². The molecule has 0 spiro atoms. The zero-order chi connectivity index (χ0) is 12.1. The Balaban J connectivity index is 2.02. The van der Waals surface area contributed by atoms with Crippen molar-refractivity contribution in [3.05, 3.63) is 39.9 Å². The standard InChI is InChI=1S/C12H15IN4/c1-2-5-14-6-10-3-4-12(15-7-10)17-9-11(13)8-16-17/h3-4,7-9,14H,2,5-6H2,1H3. The summed E-state index contributed by atoms with van der Waals surface area (Å²) in [5.41, 5.74) is 1.20. The number of nitrogens with zero attached hydrogens (tertiary/aromatic N) is 3. The van der Waals surface area contributed by atoms with E-state index in [0.717, 1.165) is 28.9 Å². The van der Waals surface area contributed by atoms with Crippen LogP contribution in [0.5, 0.6) is 0 Å². The molecule has 0 bridgehead atoms. The minimum Gasteiger partial charge on any atom is -0.313 e. The summed E-state index contributed by atoms with van der Waals surface area (Å²) >= 11 is 2.24. The monoisotopic (exact) mass is 342 g/mol. The molecule has 0 fully saturated rings. The van der Waals surface area contributed by atoms with E-state index in [0.29, 0.717) is 0 Å². The van der Waals surface area contributed by atoms with Crippen molar-refractivity contribution in [2.24, 2.45) is 0 Å². The van der Waals surface area contributed by atoms with Crippen LogP contribution < -0.4 is 5.32 Å². The Labute approximate surface area is 115 Å². The molecule has 0 atom stereocenters. The summed E-state index contributed by atoms with van der Waals surface area (Å²) in [6.45, 7) is 4.07. The van der Waals surface area contributed by atoms with Gasteiger partial charge in [-0.2, -0.15) is 5.10 Å². The van der Waals surface area contributed by atoms with Gasteiger partial charge in [0.25, 0.3) is 0 Å². The molecule has 0 aliphatic heterocycles. The molecule has 0 unspecified atom stereocenters. The largest absolute Gasteiger partial charge is 0.313 e. The molecule has 17 heavy (non-hydrogen) atoms. The normalized spacial score (nSPS) is 10.7. The third-order valence-electron chi connectivity index (χ3n) is 2.35. The molecule has 0 radical (unpaired) electrons. The van der Waals surface area contributed by atoms with E-state index >= 15 is 0 Å². The van der Waals surface area contributed by atoms with Gasteiger partial charge in [-0.1, -0.05) is 13.0 Å². The van der Waals surface area contributed by atoms with Crippen molar-refractivity contribution in [2.75, 3.05) is 6.54 Å². The first kappa shape index (κ1) is 12.5. The van der Waals surface area contributed by atoms with Crippen LogP contribution in [0.1, 0.15) is 18.9 Å². The van der Waals surface area contributed by atoms with Gasteiger partial charge in [0.05, 0.1) is 9.77 Å². The molecular formula is C12H15IN4. The summed E-state index contributed by atoms with van der Waals surface area (Å²) in [5.74, 6) is 0.854. The number of aromatic nitrogens is 3. The van der Waals surface area contributed by atoms with Crippen LogP contribution in [-0.2, 0) is 6.54 Å². The van der Waals surface area contributed by atoms with Gasteiger partial charge in [-0.25, -0.2) is 9.67 Å². The SMILES string of the molecule is CCCNCc1ccc(-n2cc(I)cn2)nc1. The van der Waals surface area contributed by atoms with E-state index in [2.05, 4.69) is 51.0 Å². The van der Waals surface area contributed by atoms with Gasteiger partial charge < -0.3 is 5.32 Å². The van der Waals surface area contributed by atoms with E-state index in [4.69, 9.17) is 0 Å². The molecular weight excluding hydrogens is 327 g/mol. The van der Waals surface area contributed by atoms with Crippen LogP contribution >= 0.6 is 22.6 Å². The second-order valence-corrected chi connectivity index (χ2v) is 5.05. The summed E-state index contributed by atoms with van der Waals surface area (Å²) < 4.78 is 2.89. The topological polar surface area (TPSA) is 42.7 Å². The Morgan fingerprint density at radius 2 is 2.24 bits per heavy atom. The molecule has 2 aromatic heterocycles. The maximum Gasteiger partial charge on any atom is 0.153 e. The van der Waals surface area contributed by atoms with Crippen molar-refractivity contribution in [2.45, 2.75) is 19.9 Å². The quantitative estimate of drug-likeness (QED) is 0.670. The molecule has 2 rings (SSSR count). The third-order valence-corrected chi connectivity index (χ3v) is 2.91. The lowest BCUT2D eigenvalue weighted by Gasteiger charge is -2.04. The van der Waals surface area contributed by atoms with Crippen LogP contribution in [0.4, 0.5) is 0 Å². The first-order chi connectivity index (χ1) is 8.29. The van der Waals surface area contributed by atoms with Gasteiger partial charge in [0.2, 0.25) is 0 Å². The Morgan fingerprint density at radius 3 is 2.82 bits per heavy atom. The molecule has 2 aromatic rings. The average Bonchev–Trinajstić information content (AvgIpc) is 2.77. The fourth-order valence-corrected chi connectivity index (χ4v) is 1.88. The first-order valence-corrected chi connectivity index (χ1v) is 6.73. The predicted octanol–water partition coefficient (Wildman–Crippen LogP) is 2.37. The second kappa shape index (κ2) is 6.11. The van der Waals surface area contributed by atoms with Gasteiger partial charge >= 0.3 is 0 Å². The van der Waals surface area contributed by atoms with E-state index in [-0.39, 0.29) is 0 Å². The predicted molar refractivity (Wildman–Crippen MR) is 76.1 cm³/mol. The van der Waals surface area contributed by atoms with E-state index in [9.17, 15) is 0 Å². The summed E-state index contributed by atoms with van der Waals surface area (Å²) in [6.07, 6.45) is 6.82. The lowest BCUT2D eigenvalue weighted by atomic mass is 10.3. The average molecular weight is 342 g/mol. The van der Waals surface area contributed by atoms with Crippen LogP contribution in [0.15, 0.2) is 30.7 Å². The summed E-state index contributed by atoms with van der Waals surface area (Å²) in [6, 6.07) is 4.07. The number of hydrogen-bond donors (Lipinski definition) is 1. The van der Waals surface area contributed by atoms with Gasteiger partial charge in [-0.15, -0.1) is 0 Å². The first-order valence-electron chi connectivity index (χ1n) is 5.66. The molecule has 0 saturated carbocycles. The van der Waals surface area contributed by atoms with Crippen molar-refractivity contribution >= 4 is 22.6 Å². The summed E-state index contributed by atoms with van der Waals surface area (Å²) in [4.78, 5) is 4.40. The van der Waals surface area contributed by atoms with Gasteiger partial charge in [0.15, 0.2) is 5.82 Å². The van der Waals surface area contributed by atoms with Crippen LogP contribution in [0.2, 0.25) is 0 Å². The smallest absolute Gasteiger partial charge is 0.153 e. The number of pyridine rings is 1. The minimum absolute atomic E-state index is 0.854. The van der Waals surface area contributed by atoms with Crippen molar-refractivity contribution < 1.29 is 0 Å². The van der Waals surface area contributed by atoms with E-state index < -0.39 is 0 Å². The minimum atomic E-state index is 0.854. The Morgan fingerprint density at radius 1 is 1.35 bits per heavy atom. The molecule has 5 heteroatoms. The van der Waals surface area contributed by atoms with Crippen LogP contribution in [-0.4, -0.2) is 21.3 Å². The molecule has 0 aliphatic carbocycles. The Bertz CT molecular complexity index is 464. The van der Waals surface area contributed by atoms with E-state index in [1.807, 2.05) is 24.7 Å². The highest BCUT2D eigenvalue weighted by atomic mass is 127. The highest BCUT2D eigenvalue weighted by Crippen LogP contribution is 2.08. The highest BCUT2D eigenvalue weighted by molar-refractivity contribution is 14.1. The molecule has 0 amide bonds. The molecule has 90 valence electrons. The lowest BCUT2D eigenvalue weighted by Crippen LogP contribution is -2.14. The maximum atomic E-state index is 4.40. The number of rotatable bonds is 5. The summed E-state index contributed by atoms with van der Waals surface area (Å²) in [7, 11) is 0. The fraction of sp³-hybridized carbons (Fsp3) is 0.333. The number of nitrogens with one attached hydrogen (secondary N) is 1. The van der Waals surface area contributed by atoms with E-state index in [1.54, 1.807) is 4.68 Å². The number of hydrogen-bond acceptors (Lipinski definition) is 3. The number of halogens is 1. The zero-order valence-corrected chi connectivity index (χ0v) is 11.9. The summed E-state index contributed by atoms with van der Waals surface area (Å²) in [5, 5.41) is 7.57. The molecule has 2 heterocycles. The van der Waals surface area contributed by atoms with Gasteiger partial charge in [0.1, 0.15) is 0 Å². The highest BCUT2D eigenvalue weighted by Gasteiger charge is 2.00. The molecule has 0 saturated heterocycles. The van der Waals surface area contributed by atoms with Crippen molar-refractivity contribution in [3.8, 4) is 5.82 Å². The van der Waals surface area contributed by atoms with Crippen LogP contribution in [0.25, 0.3) is 5.82 Å². The third kappa shape index (κ3) is 3.50. The molecule has 0 aromatic carbocycles. The van der Waals surface area contributed by atoms with Gasteiger partial charge in [-0.05, 0) is 47.2 Å². The Kier molecular flexibility index (Phi) is 4.49. The van der Waals surface area contributed by atoms with Crippen molar-refractivity contribution in [1.82, 2.24) is 20.1 Å². The fourth-order valence-electron chi connectivity index (χ4n) is 1.49. The van der Waals surface area contributed by atoms with Crippen LogP contribution in [0.3, 0.4) is 0 Å². The maximum absolute atomic E-state index is 4.40. The lowest BCUT2D eigenvalue weighted by molar-refractivity contribution is 0.673. The second-order valence-electron chi connectivity index (χ2n) is 3.80. The zero-order valence-electron chi connectivity index (χ0n) is 9.73. The van der Waals surface area contributed by atoms with E-state index in [1.165, 1.54) is 5.56 Å². The van der Waals surface area contributed by atoms with Gasteiger partial charge in [-0.3, -0.25) is 0 Å². The van der Waals surface area contributed by atoms with Crippen molar-refractivity contribution in [3.63, 3.8) is 0 Å².